The summed E-state index contributed by atoms with van der Waals surface area (Å²) < 4.78 is 5.36. The highest BCUT2D eigenvalue weighted by atomic mass is 16.5. The lowest BCUT2D eigenvalue weighted by Gasteiger charge is -2.12. The number of fused-ring (bicyclic) bond motifs is 1. The molecule has 0 aliphatic rings. The maximum Gasteiger partial charge on any atom is 0.343 e. The van der Waals surface area contributed by atoms with Gasteiger partial charge in [0.05, 0.1) is 5.56 Å². The largest absolute Gasteiger partial charge is 0.504 e. The van der Waals surface area contributed by atoms with Crippen LogP contribution in [0.4, 0.5) is 0 Å². The van der Waals surface area contributed by atoms with Gasteiger partial charge in [0.1, 0.15) is 0 Å². The molecule has 0 saturated heterocycles. The van der Waals surface area contributed by atoms with Crippen molar-refractivity contribution in [3.05, 3.63) is 71.8 Å². The highest BCUT2D eigenvalue weighted by Gasteiger charge is 2.14. The Balaban J connectivity index is 1.83. The Bertz CT molecular complexity index is 883. The molecule has 3 aromatic carbocycles. The van der Waals surface area contributed by atoms with Crippen LogP contribution >= 0.6 is 0 Å². The van der Waals surface area contributed by atoms with E-state index in [2.05, 4.69) is 13.8 Å². The number of benzene rings is 3. The minimum absolute atomic E-state index is 0.0121. The summed E-state index contributed by atoms with van der Waals surface area (Å²) in [4.78, 5) is 12.4. The number of hydrogen-bond acceptors (Lipinski definition) is 3. The average molecular weight is 320 g/mol. The molecule has 0 heterocycles. The maximum absolute atomic E-state index is 12.4. The summed E-state index contributed by atoms with van der Waals surface area (Å²) in [6.07, 6.45) is 0.982. The predicted molar refractivity (Wildman–Crippen MR) is 95.7 cm³/mol. The van der Waals surface area contributed by atoms with Crippen LogP contribution < -0.4 is 4.74 Å². The minimum atomic E-state index is -0.479. The molecule has 0 bridgehead atoms. The van der Waals surface area contributed by atoms with Crippen LogP contribution in [0.1, 0.15) is 42.1 Å². The van der Waals surface area contributed by atoms with Crippen molar-refractivity contribution < 1.29 is 14.6 Å². The Kier molecular flexibility index (Phi) is 4.52. The van der Waals surface area contributed by atoms with Crippen LogP contribution in [0.15, 0.2) is 60.7 Å². The van der Waals surface area contributed by atoms with Gasteiger partial charge in [-0.15, -0.1) is 0 Å². The lowest BCUT2D eigenvalue weighted by Crippen LogP contribution is -2.08. The van der Waals surface area contributed by atoms with E-state index < -0.39 is 5.97 Å². The number of rotatable bonds is 4. The molecule has 3 nitrogen and oxygen atoms in total. The van der Waals surface area contributed by atoms with E-state index in [9.17, 15) is 9.90 Å². The molecule has 0 aromatic heterocycles. The standard InChI is InChI=1S/C21H20O3/c1-3-14(2)16-10-11-20(19(22)13-16)24-21(23)18-9-8-15-6-4-5-7-17(15)12-18/h4-14,22H,3H2,1-2H3. The molecule has 0 radical (unpaired) electrons. The summed E-state index contributed by atoms with van der Waals surface area (Å²) in [6, 6.07) is 18.4. The number of aromatic hydroxyl groups is 1. The Morgan fingerprint density at radius 1 is 1.04 bits per heavy atom. The topological polar surface area (TPSA) is 46.5 Å². The second kappa shape index (κ2) is 6.75. The van der Waals surface area contributed by atoms with Gasteiger partial charge in [0, 0.05) is 0 Å². The fourth-order valence-electron chi connectivity index (χ4n) is 2.64. The fraction of sp³-hybridized carbons (Fsp3) is 0.190. The van der Waals surface area contributed by atoms with Crippen molar-refractivity contribution in [1.29, 1.82) is 0 Å². The van der Waals surface area contributed by atoms with Crippen LogP contribution in [-0.2, 0) is 0 Å². The number of ether oxygens (including phenoxy) is 1. The molecule has 1 atom stereocenters. The van der Waals surface area contributed by atoms with Crippen molar-refractivity contribution in [2.24, 2.45) is 0 Å². The summed E-state index contributed by atoms with van der Waals surface area (Å²) in [7, 11) is 0. The molecule has 3 aromatic rings. The lowest BCUT2D eigenvalue weighted by molar-refractivity contribution is 0.0730. The molecule has 0 amide bonds. The van der Waals surface area contributed by atoms with Gasteiger partial charge in [-0.05, 0) is 52.9 Å². The first-order chi connectivity index (χ1) is 11.6. The van der Waals surface area contributed by atoms with E-state index in [0.717, 1.165) is 22.8 Å². The van der Waals surface area contributed by atoms with Gasteiger partial charge in [-0.3, -0.25) is 0 Å². The van der Waals surface area contributed by atoms with Crippen molar-refractivity contribution in [3.8, 4) is 11.5 Å². The maximum atomic E-state index is 12.4. The number of carbonyl (C=O) groups is 1. The van der Waals surface area contributed by atoms with E-state index >= 15 is 0 Å². The first-order valence-electron chi connectivity index (χ1n) is 8.12. The van der Waals surface area contributed by atoms with Gasteiger partial charge in [-0.25, -0.2) is 4.79 Å². The third-order valence-electron chi connectivity index (χ3n) is 4.35. The zero-order valence-corrected chi connectivity index (χ0v) is 13.8. The third kappa shape index (κ3) is 3.25. The summed E-state index contributed by atoms with van der Waals surface area (Å²) in [5, 5.41) is 12.2. The lowest BCUT2D eigenvalue weighted by atomic mass is 9.98. The molecule has 3 rings (SSSR count). The molecule has 0 aliphatic carbocycles. The van der Waals surface area contributed by atoms with Crippen LogP contribution in [0.5, 0.6) is 11.5 Å². The summed E-state index contributed by atoms with van der Waals surface area (Å²) in [5.41, 5.74) is 1.49. The molecule has 1 N–H and O–H groups in total. The SMILES string of the molecule is CCC(C)c1ccc(OC(=O)c2ccc3ccccc3c2)c(O)c1. The number of hydrogen-bond donors (Lipinski definition) is 1. The van der Waals surface area contributed by atoms with E-state index in [1.54, 1.807) is 24.3 Å². The molecule has 0 fully saturated rings. The molecule has 122 valence electrons. The van der Waals surface area contributed by atoms with Crippen molar-refractivity contribution in [1.82, 2.24) is 0 Å². The van der Waals surface area contributed by atoms with E-state index in [1.807, 2.05) is 36.4 Å². The Morgan fingerprint density at radius 3 is 2.50 bits per heavy atom. The monoisotopic (exact) mass is 320 g/mol. The summed E-state index contributed by atoms with van der Waals surface area (Å²) in [5.74, 6) is 0.0376. The van der Waals surface area contributed by atoms with Crippen LogP contribution in [-0.4, -0.2) is 11.1 Å². The number of esters is 1. The van der Waals surface area contributed by atoms with Crippen molar-refractivity contribution in [2.75, 3.05) is 0 Å². The number of phenols is 1. The van der Waals surface area contributed by atoms with Gasteiger partial charge in [-0.2, -0.15) is 0 Å². The molecule has 0 saturated carbocycles. The Labute approximate surface area is 141 Å². The van der Waals surface area contributed by atoms with E-state index in [0.29, 0.717) is 11.5 Å². The highest BCUT2D eigenvalue weighted by molar-refractivity contribution is 5.96. The summed E-state index contributed by atoms with van der Waals surface area (Å²) in [6.45, 7) is 4.19. The molecule has 1 unspecified atom stereocenters. The van der Waals surface area contributed by atoms with Gasteiger partial charge in [0.2, 0.25) is 0 Å². The smallest absolute Gasteiger partial charge is 0.343 e. The highest BCUT2D eigenvalue weighted by Crippen LogP contribution is 2.31. The van der Waals surface area contributed by atoms with Crippen molar-refractivity contribution in [2.45, 2.75) is 26.2 Å². The van der Waals surface area contributed by atoms with E-state index in [1.165, 1.54) is 0 Å². The second-order valence-electron chi connectivity index (χ2n) is 5.99. The quantitative estimate of drug-likeness (QED) is 0.525. The normalized spacial score (nSPS) is 12.1. The Morgan fingerprint density at radius 2 is 1.79 bits per heavy atom. The number of phenolic OH excluding ortho intramolecular Hbond substituents is 1. The first kappa shape index (κ1) is 16.1. The van der Waals surface area contributed by atoms with Gasteiger partial charge in [0.15, 0.2) is 11.5 Å². The van der Waals surface area contributed by atoms with Gasteiger partial charge >= 0.3 is 5.97 Å². The first-order valence-corrected chi connectivity index (χ1v) is 8.12. The molecular weight excluding hydrogens is 300 g/mol. The zero-order chi connectivity index (χ0) is 17.1. The van der Waals surface area contributed by atoms with Gasteiger partial charge in [0.25, 0.3) is 0 Å². The van der Waals surface area contributed by atoms with Crippen LogP contribution in [0, 0.1) is 0 Å². The van der Waals surface area contributed by atoms with Crippen molar-refractivity contribution in [3.63, 3.8) is 0 Å². The van der Waals surface area contributed by atoms with Crippen LogP contribution in [0.3, 0.4) is 0 Å². The van der Waals surface area contributed by atoms with E-state index in [4.69, 9.17) is 4.74 Å². The second-order valence-corrected chi connectivity index (χ2v) is 5.99. The molecule has 0 spiro atoms. The van der Waals surface area contributed by atoms with Gasteiger partial charge < -0.3 is 9.84 Å². The summed E-state index contributed by atoms with van der Waals surface area (Å²) >= 11 is 0. The Hall–Kier alpha value is -2.81. The average Bonchev–Trinajstić information content (AvgIpc) is 2.62. The molecule has 0 aliphatic heterocycles. The van der Waals surface area contributed by atoms with Crippen LogP contribution in [0.2, 0.25) is 0 Å². The van der Waals surface area contributed by atoms with Crippen LogP contribution in [0.25, 0.3) is 10.8 Å². The number of carbonyl (C=O) groups excluding carboxylic acids is 1. The van der Waals surface area contributed by atoms with Gasteiger partial charge in [-0.1, -0.05) is 50.2 Å². The molecule has 3 heteroatoms. The molecule has 24 heavy (non-hydrogen) atoms. The molecular formula is C21H20O3. The zero-order valence-electron chi connectivity index (χ0n) is 13.8. The van der Waals surface area contributed by atoms with Crippen molar-refractivity contribution >= 4 is 16.7 Å². The third-order valence-corrected chi connectivity index (χ3v) is 4.35. The minimum Gasteiger partial charge on any atom is -0.504 e. The fourth-order valence-corrected chi connectivity index (χ4v) is 2.64. The predicted octanol–water partition coefficient (Wildman–Crippen LogP) is 5.28. The van der Waals surface area contributed by atoms with E-state index in [-0.39, 0.29) is 11.5 Å².